The maximum Gasteiger partial charge on any atom is 1.00 e. The molecule has 0 bridgehead atoms. The maximum absolute atomic E-state index is 12.5. The third-order valence-electron chi connectivity index (χ3n) is 3.04. The molecule has 0 heterocycles. The number of carbonyl (C=O) groups is 1. The van der Waals surface area contributed by atoms with Crippen LogP contribution in [0, 0.1) is 6.92 Å². The number of hydrogen-bond acceptors (Lipinski definition) is 3. The molecule has 0 atom stereocenters. The van der Waals surface area contributed by atoms with Crippen LogP contribution in [0.4, 0.5) is 0 Å². The standard InChI is InChI=1S/C16H15ClO3P.Li/c1-10-5-4-6-12(17)15(10)16(18)21-14-8-7-11(19-2)9-13(14)20-3;/h4-9H,1-3H3;/q-1;+1. The minimum atomic E-state index is -0.0541. The summed E-state index contributed by atoms with van der Waals surface area (Å²) in [5.74, 6) is 1.31. The van der Waals surface area contributed by atoms with E-state index in [9.17, 15) is 4.79 Å². The van der Waals surface area contributed by atoms with Crippen LogP contribution in [0.15, 0.2) is 36.4 Å². The predicted molar refractivity (Wildman–Crippen MR) is 86.6 cm³/mol. The summed E-state index contributed by atoms with van der Waals surface area (Å²) in [7, 11) is 3.68. The number of ether oxygens (including phenoxy) is 2. The maximum atomic E-state index is 12.5. The zero-order valence-electron chi connectivity index (χ0n) is 13.0. The first kappa shape index (κ1) is 19.1. The molecule has 0 spiro atoms. The zero-order valence-corrected chi connectivity index (χ0v) is 14.7. The van der Waals surface area contributed by atoms with Gasteiger partial charge in [0, 0.05) is 22.2 Å². The van der Waals surface area contributed by atoms with Gasteiger partial charge in [-0.25, -0.2) is 0 Å². The van der Waals surface area contributed by atoms with Crippen LogP contribution in [0.5, 0.6) is 11.5 Å². The van der Waals surface area contributed by atoms with Gasteiger partial charge in [-0.3, -0.25) is 0 Å². The number of halogens is 1. The van der Waals surface area contributed by atoms with Gasteiger partial charge < -0.3 is 22.8 Å². The molecular formula is C16H15ClLiO3P. The molecule has 2 aromatic rings. The second-order valence-electron chi connectivity index (χ2n) is 4.39. The molecule has 2 rings (SSSR count). The van der Waals surface area contributed by atoms with Crippen LogP contribution in [0.1, 0.15) is 15.9 Å². The first-order valence-electron chi connectivity index (χ1n) is 6.30. The summed E-state index contributed by atoms with van der Waals surface area (Å²) in [6.07, 6.45) is 0. The largest absolute Gasteiger partial charge is 1.00 e. The van der Waals surface area contributed by atoms with Crippen LogP contribution in [-0.4, -0.2) is 19.7 Å². The van der Waals surface area contributed by atoms with Crippen LogP contribution in [0.2, 0.25) is 5.02 Å². The molecule has 0 aliphatic carbocycles. The average molecular weight is 329 g/mol. The Morgan fingerprint density at radius 2 is 1.86 bits per heavy atom. The number of hydrogen-bond donors (Lipinski definition) is 0. The number of methoxy groups -OCH3 is 2. The summed E-state index contributed by atoms with van der Waals surface area (Å²) in [6.45, 7) is 1.87. The zero-order chi connectivity index (χ0) is 15.4. The van der Waals surface area contributed by atoms with Gasteiger partial charge in [-0.15, -0.1) is 0 Å². The Bertz CT molecular complexity index is 656. The Morgan fingerprint density at radius 1 is 1.14 bits per heavy atom. The first-order chi connectivity index (χ1) is 10.1. The van der Waals surface area contributed by atoms with Crippen molar-refractivity contribution in [3.8, 4) is 11.5 Å². The first-order valence-corrected chi connectivity index (χ1v) is 7.57. The van der Waals surface area contributed by atoms with Gasteiger partial charge in [0.25, 0.3) is 0 Å². The smallest absolute Gasteiger partial charge is 0.499 e. The number of carbonyl (C=O) groups excluding carboxylic acids is 1. The molecule has 0 fully saturated rings. The molecule has 0 aliphatic heterocycles. The Morgan fingerprint density at radius 3 is 2.45 bits per heavy atom. The van der Waals surface area contributed by atoms with E-state index in [-0.39, 0.29) is 24.4 Å². The molecule has 2 aromatic carbocycles. The topological polar surface area (TPSA) is 35.5 Å². The predicted octanol–water partition coefficient (Wildman–Crippen LogP) is 1.08. The summed E-state index contributed by atoms with van der Waals surface area (Å²) in [5, 5.41) is 1.25. The summed E-state index contributed by atoms with van der Waals surface area (Å²) >= 11 is 6.14. The van der Waals surface area contributed by atoms with Crippen molar-refractivity contribution in [2.24, 2.45) is 0 Å². The second kappa shape index (κ2) is 8.61. The van der Waals surface area contributed by atoms with Gasteiger partial charge in [0.1, 0.15) is 5.75 Å². The van der Waals surface area contributed by atoms with E-state index in [1.165, 1.54) is 0 Å². The van der Waals surface area contributed by atoms with Crippen molar-refractivity contribution < 1.29 is 33.1 Å². The van der Waals surface area contributed by atoms with Crippen molar-refractivity contribution in [3.63, 3.8) is 0 Å². The molecule has 0 radical (unpaired) electrons. The normalized spacial score (nSPS) is 10.4. The van der Waals surface area contributed by atoms with E-state index in [1.807, 2.05) is 25.1 Å². The van der Waals surface area contributed by atoms with Gasteiger partial charge in [0.15, 0.2) is 0 Å². The molecule has 22 heavy (non-hydrogen) atoms. The summed E-state index contributed by atoms with van der Waals surface area (Å²) in [5.41, 5.74) is 1.37. The van der Waals surface area contributed by atoms with Crippen molar-refractivity contribution in [1.29, 1.82) is 0 Å². The van der Waals surface area contributed by atoms with Crippen molar-refractivity contribution in [1.82, 2.24) is 0 Å². The van der Waals surface area contributed by atoms with Crippen LogP contribution >= 0.6 is 20.2 Å². The second-order valence-corrected chi connectivity index (χ2v) is 5.91. The van der Waals surface area contributed by atoms with Crippen LogP contribution in [-0.2, 0) is 0 Å². The Hall–Kier alpha value is -0.973. The Labute approximate surface area is 149 Å². The fourth-order valence-electron chi connectivity index (χ4n) is 1.95. The molecule has 0 unspecified atom stereocenters. The van der Waals surface area contributed by atoms with E-state index in [4.69, 9.17) is 21.1 Å². The van der Waals surface area contributed by atoms with Gasteiger partial charge in [-0.1, -0.05) is 29.8 Å². The van der Waals surface area contributed by atoms with Gasteiger partial charge in [0.2, 0.25) is 0 Å². The minimum Gasteiger partial charge on any atom is -0.499 e. The molecule has 0 N–H and O–H groups in total. The SMILES string of the molecule is COc1ccc([P-]C(=O)c2c(C)cccc2Cl)c(OC)c1.[Li+]. The van der Waals surface area contributed by atoms with Crippen molar-refractivity contribution in [2.75, 3.05) is 14.2 Å². The summed E-state index contributed by atoms with van der Waals surface area (Å²) < 4.78 is 10.5. The van der Waals surface area contributed by atoms with Crippen molar-refractivity contribution in [2.45, 2.75) is 6.92 Å². The van der Waals surface area contributed by atoms with Gasteiger partial charge >= 0.3 is 18.9 Å². The van der Waals surface area contributed by atoms with Gasteiger partial charge in [-0.05, 0) is 24.6 Å². The summed E-state index contributed by atoms with van der Waals surface area (Å²) in [4.78, 5) is 12.5. The Balaban J connectivity index is 0.00000242. The van der Waals surface area contributed by atoms with Gasteiger partial charge in [-0.2, -0.15) is 5.30 Å². The quantitative estimate of drug-likeness (QED) is 0.609. The summed E-state index contributed by atoms with van der Waals surface area (Å²) in [6, 6.07) is 10.8. The average Bonchev–Trinajstić information content (AvgIpc) is 2.47. The van der Waals surface area contributed by atoms with E-state index >= 15 is 0 Å². The van der Waals surface area contributed by atoms with E-state index in [0.717, 1.165) is 10.9 Å². The molecule has 110 valence electrons. The Kier molecular flexibility index (Phi) is 7.46. The molecule has 0 aromatic heterocycles. The third-order valence-corrected chi connectivity index (χ3v) is 4.40. The number of rotatable bonds is 5. The van der Waals surface area contributed by atoms with Crippen molar-refractivity contribution >= 4 is 31.0 Å². The van der Waals surface area contributed by atoms with E-state index < -0.39 is 0 Å². The molecule has 6 heteroatoms. The fourth-order valence-corrected chi connectivity index (χ4v) is 3.36. The molecule has 0 amide bonds. The monoisotopic (exact) mass is 328 g/mol. The van der Waals surface area contributed by atoms with Crippen LogP contribution < -0.4 is 33.6 Å². The molecular weight excluding hydrogens is 314 g/mol. The van der Waals surface area contributed by atoms with Crippen molar-refractivity contribution in [3.05, 3.63) is 52.5 Å². The molecule has 0 saturated heterocycles. The van der Waals surface area contributed by atoms with Crippen LogP contribution in [0.25, 0.3) is 0 Å². The van der Waals surface area contributed by atoms with Crippen LogP contribution in [0.3, 0.4) is 0 Å². The minimum absolute atomic E-state index is 0. The fraction of sp³-hybridized carbons (Fsp3) is 0.188. The third kappa shape index (κ3) is 4.28. The molecule has 3 nitrogen and oxygen atoms in total. The molecule has 0 saturated carbocycles. The van der Waals surface area contributed by atoms with E-state index in [0.29, 0.717) is 30.7 Å². The number of benzene rings is 2. The van der Waals surface area contributed by atoms with E-state index in [2.05, 4.69) is 0 Å². The van der Waals surface area contributed by atoms with Gasteiger partial charge in [0.05, 0.1) is 20.0 Å². The van der Waals surface area contributed by atoms with E-state index in [1.54, 1.807) is 32.4 Å². The number of aryl methyl sites for hydroxylation is 1. The molecule has 0 aliphatic rings.